The predicted octanol–water partition coefficient (Wildman–Crippen LogP) is 2.46. The Bertz CT molecular complexity index is 739. The number of aromatic nitrogens is 1. The second kappa shape index (κ2) is 6.85. The molecule has 2 rings (SSSR count). The largest absolute Gasteiger partial charge is 0.481 e. The van der Waals surface area contributed by atoms with Crippen LogP contribution in [0.1, 0.15) is 16.9 Å². The third kappa shape index (κ3) is 4.02. The average Bonchev–Trinajstić information content (AvgIpc) is 2.80. The predicted molar refractivity (Wildman–Crippen MR) is 83.7 cm³/mol. The number of carboxylic acid groups (broad SMARTS) is 1. The molecule has 0 spiro atoms. The van der Waals surface area contributed by atoms with E-state index in [0.29, 0.717) is 24.3 Å². The molecule has 1 aromatic heterocycles. The van der Waals surface area contributed by atoms with Gasteiger partial charge in [0.15, 0.2) is 0 Å². The number of nitrogens with one attached hydrogen (secondary N) is 1. The number of carboxylic acids is 1. The van der Waals surface area contributed by atoms with Gasteiger partial charge in [-0.25, -0.2) is 4.39 Å². The Morgan fingerprint density at radius 1 is 1.45 bits per heavy atom. The number of benzene rings is 1. The van der Waals surface area contributed by atoms with Gasteiger partial charge in [0.1, 0.15) is 5.82 Å². The number of halogens is 1. The minimum Gasteiger partial charge on any atom is -0.481 e. The molecule has 0 aliphatic rings. The quantitative estimate of drug-likeness (QED) is 0.856. The lowest BCUT2D eigenvalue weighted by Crippen LogP contribution is -2.21. The standard InChI is InChI=1S/C15H17FN2O3S/c1-9-7-10(3-4-11(9)16)14-12(22-15(21)17-14)8-18(2)6-5-13(19)20/h3-4,7H,5-6,8H2,1-2H3,(H,17,21)(H,19,20). The van der Waals surface area contributed by atoms with Crippen LogP contribution in [-0.4, -0.2) is 34.6 Å². The van der Waals surface area contributed by atoms with Crippen LogP contribution in [0.3, 0.4) is 0 Å². The zero-order valence-corrected chi connectivity index (χ0v) is 13.2. The summed E-state index contributed by atoms with van der Waals surface area (Å²) in [6.07, 6.45) is 0.0425. The highest BCUT2D eigenvalue weighted by molar-refractivity contribution is 7.09. The molecule has 22 heavy (non-hydrogen) atoms. The molecule has 0 fully saturated rings. The van der Waals surface area contributed by atoms with Gasteiger partial charge in [0, 0.05) is 18.0 Å². The smallest absolute Gasteiger partial charge is 0.305 e. The fourth-order valence-electron chi connectivity index (χ4n) is 2.12. The van der Waals surface area contributed by atoms with E-state index in [2.05, 4.69) is 4.98 Å². The zero-order chi connectivity index (χ0) is 16.3. The van der Waals surface area contributed by atoms with Crippen molar-refractivity contribution in [2.24, 2.45) is 0 Å². The topological polar surface area (TPSA) is 73.4 Å². The lowest BCUT2D eigenvalue weighted by atomic mass is 10.1. The summed E-state index contributed by atoms with van der Waals surface area (Å²) in [6.45, 7) is 2.52. The van der Waals surface area contributed by atoms with Crippen LogP contribution in [0.2, 0.25) is 0 Å². The minimum absolute atomic E-state index is 0.0425. The first-order valence-corrected chi connectivity index (χ1v) is 7.57. The van der Waals surface area contributed by atoms with E-state index in [1.54, 1.807) is 26.1 Å². The second-order valence-corrected chi connectivity index (χ2v) is 6.23. The van der Waals surface area contributed by atoms with E-state index < -0.39 is 5.97 Å². The highest BCUT2D eigenvalue weighted by atomic mass is 32.1. The molecule has 0 saturated heterocycles. The summed E-state index contributed by atoms with van der Waals surface area (Å²) in [7, 11) is 1.80. The molecule has 0 saturated carbocycles. The van der Waals surface area contributed by atoms with Crippen molar-refractivity contribution < 1.29 is 14.3 Å². The molecule has 2 N–H and O–H groups in total. The van der Waals surface area contributed by atoms with E-state index in [9.17, 15) is 14.0 Å². The number of hydrogen-bond donors (Lipinski definition) is 2. The first-order valence-electron chi connectivity index (χ1n) is 6.75. The summed E-state index contributed by atoms with van der Waals surface area (Å²) >= 11 is 1.09. The van der Waals surface area contributed by atoms with Crippen molar-refractivity contribution >= 4 is 17.3 Å². The van der Waals surface area contributed by atoms with Crippen molar-refractivity contribution in [1.29, 1.82) is 0 Å². The fourth-order valence-corrected chi connectivity index (χ4v) is 3.05. The van der Waals surface area contributed by atoms with Crippen molar-refractivity contribution in [3.05, 3.63) is 44.1 Å². The van der Waals surface area contributed by atoms with Gasteiger partial charge in [-0.1, -0.05) is 11.3 Å². The maximum atomic E-state index is 13.4. The second-order valence-electron chi connectivity index (χ2n) is 5.16. The highest BCUT2D eigenvalue weighted by Crippen LogP contribution is 2.26. The molecule has 5 nitrogen and oxygen atoms in total. The minimum atomic E-state index is -0.858. The molecule has 7 heteroatoms. The zero-order valence-electron chi connectivity index (χ0n) is 12.4. The molecule has 0 radical (unpaired) electrons. The van der Waals surface area contributed by atoms with Crippen molar-refractivity contribution in [3.8, 4) is 11.3 Å². The molecular weight excluding hydrogens is 307 g/mol. The Kier molecular flexibility index (Phi) is 5.10. The van der Waals surface area contributed by atoms with Gasteiger partial charge in [-0.15, -0.1) is 0 Å². The Morgan fingerprint density at radius 3 is 2.82 bits per heavy atom. The van der Waals surface area contributed by atoms with Crippen LogP contribution in [0.25, 0.3) is 11.3 Å². The van der Waals surface area contributed by atoms with Crippen LogP contribution < -0.4 is 4.87 Å². The first-order chi connectivity index (χ1) is 10.4. The number of H-pyrrole nitrogens is 1. The molecule has 1 aromatic carbocycles. The average molecular weight is 324 g/mol. The molecule has 0 aliphatic heterocycles. The SMILES string of the molecule is Cc1cc(-c2[nH]c(=O)sc2CN(C)CCC(=O)O)ccc1F. The summed E-state index contributed by atoms with van der Waals surface area (Å²) in [6, 6.07) is 4.69. The number of carbonyl (C=O) groups is 1. The monoisotopic (exact) mass is 324 g/mol. The Labute approximate surface area is 131 Å². The summed E-state index contributed by atoms with van der Waals surface area (Å²) in [5, 5.41) is 8.71. The maximum Gasteiger partial charge on any atom is 0.305 e. The summed E-state index contributed by atoms with van der Waals surface area (Å²) < 4.78 is 13.4. The number of thiazole rings is 1. The molecule has 2 aromatic rings. The van der Waals surface area contributed by atoms with Crippen molar-refractivity contribution in [2.45, 2.75) is 19.9 Å². The fraction of sp³-hybridized carbons (Fsp3) is 0.333. The first kappa shape index (κ1) is 16.4. The van der Waals surface area contributed by atoms with E-state index in [-0.39, 0.29) is 17.1 Å². The van der Waals surface area contributed by atoms with Gasteiger partial charge in [-0.3, -0.25) is 9.59 Å². The van der Waals surface area contributed by atoms with Crippen molar-refractivity contribution in [3.63, 3.8) is 0 Å². The van der Waals surface area contributed by atoms with Gasteiger partial charge in [0.2, 0.25) is 0 Å². The number of nitrogens with zero attached hydrogens (tertiary/aromatic N) is 1. The lowest BCUT2D eigenvalue weighted by Gasteiger charge is -2.15. The third-order valence-corrected chi connectivity index (χ3v) is 4.16. The Hall–Kier alpha value is -1.99. The van der Waals surface area contributed by atoms with Gasteiger partial charge >= 0.3 is 10.8 Å². The third-order valence-electron chi connectivity index (χ3n) is 3.29. The molecule has 0 amide bonds. The molecule has 0 aliphatic carbocycles. The van der Waals surface area contributed by atoms with Gasteiger partial charge in [-0.05, 0) is 43.3 Å². The number of hydrogen-bond acceptors (Lipinski definition) is 4. The van der Waals surface area contributed by atoms with Gasteiger partial charge in [-0.2, -0.15) is 0 Å². The molecule has 1 heterocycles. The summed E-state index contributed by atoms with van der Waals surface area (Å²) in [5.74, 6) is -1.15. The highest BCUT2D eigenvalue weighted by Gasteiger charge is 2.14. The van der Waals surface area contributed by atoms with E-state index >= 15 is 0 Å². The normalized spacial score (nSPS) is 11.1. The van der Waals surface area contributed by atoms with Gasteiger partial charge < -0.3 is 15.0 Å². The van der Waals surface area contributed by atoms with Crippen LogP contribution in [0, 0.1) is 12.7 Å². The summed E-state index contributed by atoms with van der Waals surface area (Å²) in [5.41, 5.74) is 1.92. The Balaban J connectivity index is 2.24. The number of rotatable bonds is 6. The van der Waals surface area contributed by atoms with Crippen molar-refractivity contribution in [2.75, 3.05) is 13.6 Å². The maximum absolute atomic E-state index is 13.4. The van der Waals surface area contributed by atoms with Gasteiger partial charge in [0.25, 0.3) is 0 Å². The lowest BCUT2D eigenvalue weighted by molar-refractivity contribution is -0.137. The van der Waals surface area contributed by atoms with E-state index in [4.69, 9.17) is 5.11 Å². The van der Waals surface area contributed by atoms with Crippen molar-refractivity contribution in [1.82, 2.24) is 9.88 Å². The number of aromatic amines is 1. The molecule has 0 unspecified atom stereocenters. The molecule has 0 atom stereocenters. The molecular formula is C15H17FN2O3S. The van der Waals surface area contributed by atoms with E-state index in [1.807, 2.05) is 4.90 Å². The number of aliphatic carboxylic acids is 1. The summed E-state index contributed by atoms with van der Waals surface area (Å²) in [4.78, 5) is 27.5. The van der Waals surface area contributed by atoms with E-state index in [1.165, 1.54) is 6.07 Å². The van der Waals surface area contributed by atoms with Crippen LogP contribution in [0.5, 0.6) is 0 Å². The van der Waals surface area contributed by atoms with Crippen LogP contribution in [0.4, 0.5) is 4.39 Å². The van der Waals surface area contributed by atoms with Crippen LogP contribution >= 0.6 is 11.3 Å². The van der Waals surface area contributed by atoms with Gasteiger partial charge in [0.05, 0.1) is 12.1 Å². The number of aryl methyl sites for hydroxylation is 1. The molecule has 0 bridgehead atoms. The molecule has 118 valence electrons. The van der Waals surface area contributed by atoms with Crippen LogP contribution in [-0.2, 0) is 11.3 Å². The Morgan fingerprint density at radius 2 is 2.18 bits per heavy atom. The van der Waals surface area contributed by atoms with Crippen LogP contribution in [0.15, 0.2) is 23.0 Å². The van der Waals surface area contributed by atoms with E-state index in [0.717, 1.165) is 21.8 Å².